The van der Waals surface area contributed by atoms with E-state index in [0.717, 1.165) is 18.4 Å². The van der Waals surface area contributed by atoms with Crippen molar-refractivity contribution in [3.8, 4) is 0 Å². The van der Waals surface area contributed by atoms with Gasteiger partial charge in [0, 0.05) is 24.2 Å². The van der Waals surface area contributed by atoms with Crippen molar-refractivity contribution < 1.29 is 19.1 Å². The Balaban J connectivity index is 1.43. The van der Waals surface area contributed by atoms with Crippen molar-refractivity contribution in [3.63, 3.8) is 0 Å². The Morgan fingerprint density at radius 3 is 2.22 bits per heavy atom. The van der Waals surface area contributed by atoms with Crippen LogP contribution in [0.1, 0.15) is 104 Å². The molecular weight excluding hydrogens is 520 g/mol. The first-order valence-corrected chi connectivity index (χ1v) is 15.5. The molecule has 0 spiro atoms. The highest BCUT2D eigenvalue weighted by Crippen LogP contribution is 2.44. The molecule has 9 nitrogen and oxygen atoms in total. The fourth-order valence-electron chi connectivity index (χ4n) is 7.39. The van der Waals surface area contributed by atoms with Crippen LogP contribution in [0.15, 0.2) is 29.1 Å². The van der Waals surface area contributed by atoms with Gasteiger partial charge in [-0.05, 0) is 71.4 Å². The molecule has 0 amide bonds. The summed E-state index contributed by atoms with van der Waals surface area (Å²) >= 11 is 0. The third kappa shape index (κ3) is 6.76. The molecule has 5 rings (SSSR count). The van der Waals surface area contributed by atoms with Crippen LogP contribution in [-0.2, 0) is 19.1 Å². The van der Waals surface area contributed by atoms with Crippen LogP contribution in [0.5, 0.6) is 0 Å². The summed E-state index contributed by atoms with van der Waals surface area (Å²) in [5.41, 5.74) is 0.500. The van der Waals surface area contributed by atoms with Crippen LogP contribution in [0.4, 0.5) is 5.82 Å². The van der Waals surface area contributed by atoms with Crippen molar-refractivity contribution in [1.82, 2.24) is 14.5 Å². The standard InChI is InChI=1S/C32H46N4O5/c1-32(2,3)41-28(37)20-26(31(39)40-4)34-29-30(38)36(27-15-11-10-14-25(27)33-29)24-18-22-16-17-23(19-24)35(22)21-12-8-6-5-7-9-13-21/h10-11,14-15,21-24,26H,5-9,12-13,16-20H2,1-4H3,(H,33,34)/t22-,23+,24?,26-/m1/s1. The number of anilines is 1. The van der Waals surface area contributed by atoms with Gasteiger partial charge >= 0.3 is 11.9 Å². The number of fused-ring (bicyclic) bond motifs is 3. The molecular formula is C32H46N4O5. The lowest BCUT2D eigenvalue weighted by molar-refractivity contribution is -0.158. The first kappa shape index (κ1) is 29.5. The minimum atomic E-state index is -1.10. The monoisotopic (exact) mass is 566 g/mol. The summed E-state index contributed by atoms with van der Waals surface area (Å²) in [5, 5.41) is 2.97. The van der Waals surface area contributed by atoms with Gasteiger partial charge in [0.15, 0.2) is 5.82 Å². The van der Waals surface area contributed by atoms with E-state index in [0.29, 0.717) is 23.6 Å². The number of nitrogens with zero attached hydrogens (tertiary/aromatic N) is 3. The number of para-hydroxylation sites is 2. The van der Waals surface area contributed by atoms with Gasteiger partial charge in [-0.3, -0.25) is 14.5 Å². The third-order valence-electron chi connectivity index (χ3n) is 9.01. The van der Waals surface area contributed by atoms with Gasteiger partial charge in [0.2, 0.25) is 0 Å². The second kappa shape index (κ2) is 12.5. The lowest BCUT2D eigenvalue weighted by Gasteiger charge is -2.45. The van der Waals surface area contributed by atoms with Gasteiger partial charge < -0.3 is 19.4 Å². The molecule has 0 radical (unpaired) electrons. The smallest absolute Gasteiger partial charge is 0.328 e. The zero-order valence-electron chi connectivity index (χ0n) is 25.1. The molecule has 2 saturated heterocycles. The number of rotatable bonds is 7. The topological polar surface area (TPSA) is 103 Å². The molecule has 41 heavy (non-hydrogen) atoms. The molecule has 2 aliphatic heterocycles. The molecule has 2 bridgehead atoms. The van der Waals surface area contributed by atoms with Crippen LogP contribution < -0.4 is 10.9 Å². The Hall–Kier alpha value is -2.94. The average Bonchev–Trinajstić information content (AvgIpc) is 3.15. The van der Waals surface area contributed by atoms with Crippen molar-refractivity contribution in [2.75, 3.05) is 12.4 Å². The number of methoxy groups -OCH3 is 1. The number of nitrogens with one attached hydrogen (secondary N) is 1. The van der Waals surface area contributed by atoms with Gasteiger partial charge in [-0.2, -0.15) is 0 Å². The van der Waals surface area contributed by atoms with Gasteiger partial charge in [0.05, 0.1) is 24.6 Å². The Morgan fingerprint density at radius 1 is 0.951 bits per heavy atom. The van der Waals surface area contributed by atoms with Crippen molar-refractivity contribution in [2.45, 2.75) is 134 Å². The van der Waals surface area contributed by atoms with Gasteiger partial charge in [-0.15, -0.1) is 0 Å². The van der Waals surface area contributed by atoms with Crippen LogP contribution in [0.3, 0.4) is 0 Å². The van der Waals surface area contributed by atoms with E-state index in [1.54, 1.807) is 20.8 Å². The number of carbonyl (C=O) groups excluding carboxylic acids is 2. The van der Waals surface area contributed by atoms with E-state index in [9.17, 15) is 14.4 Å². The molecule has 224 valence electrons. The van der Waals surface area contributed by atoms with Crippen LogP contribution in [0, 0.1) is 0 Å². The number of hydrogen-bond donors (Lipinski definition) is 1. The molecule has 1 saturated carbocycles. The molecule has 2 aromatic rings. The summed E-state index contributed by atoms with van der Waals surface area (Å²) < 4.78 is 12.3. The molecule has 1 N–H and O–H groups in total. The third-order valence-corrected chi connectivity index (χ3v) is 9.01. The van der Waals surface area contributed by atoms with E-state index >= 15 is 0 Å². The van der Waals surface area contributed by atoms with E-state index in [2.05, 4.69) is 15.2 Å². The maximum absolute atomic E-state index is 14.1. The summed E-state index contributed by atoms with van der Waals surface area (Å²) in [5.74, 6) is -1.15. The van der Waals surface area contributed by atoms with Gasteiger partial charge in [-0.25, -0.2) is 9.78 Å². The summed E-state index contributed by atoms with van der Waals surface area (Å²) in [4.78, 5) is 46.8. The zero-order chi connectivity index (χ0) is 29.1. The fourth-order valence-corrected chi connectivity index (χ4v) is 7.39. The van der Waals surface area contributed by atoms with Crippen molar-refractivity contribution in [3.05, 3.63) is 34.6 Å². The van der Waals surface area contributed by atoms with E-state index in [-0.39, 0.29) is 23.8 Å². The van der Waals surface area contributed by atoms with Gasteiger partial charge in [-0.1, -0.05) is 44.2 Å². The quantitative estimate of drug-likeness (QED) is 0.447. The maximum atomic E-state index is 14.1. The van der Waals surface area contributed by atoms with Crippen molar-refractivity contribution >= 4 is 28.8 Å². The molecule has 1 unspecified atom stereocenters. The molecule has 3 aliphatic rings. The number of benzene rings is 1. The van der Waals surface area contributed by atoms with E-state index in [4.69, 9.17) is 9.47 Å². The lowest BCUT2D eigenvalue weighted by Crippen LogP contribution is -2.50. The fraction of sp³-hybridized carbons (Fsp3) is 0.688. The van der Waals surface area contributed by atoms with Crippen LogP contribution in [-0.4, -0.2) is 63.3 Å². The number of hydrogen-bond acceptors (Lipinski definition) is 8. The summed E-state index contributed by atoms with van der Waals surface area (Å²) in [7, 11) is 1.26. The Kier molecular flexibility index (Phi) is 9.02. The van der Waals surface area contributed by atoms with Crippen molar-refractivity contribution in [2.24, 2.45) is 0 Å². The zero-order valence-corrected chi connectivity index (χ0v) is 25.1. The Bertz CT molecular complexity index is 1280. The molecule has 1 aliphatic carbocycles. The van der Waals surface area contributed by atoms with Crippen LogP contribution in [0.25, 0.3) is 11.0 Å². The molecule has 4 atom stereocenters. The van der Waals surface area contributed by atoms with E-state index < -0.39 is 23.6 Å². The lowest BCUT2D eigenvalue weighted by atomic mass is 9.89. The minimum Gasteiger partial charge on any atom is -0.467 e. The second-order valence-corrected chi connectivity index (χ2v) is 13.1. The van der Waals surface area contributed by atoms with E-state index in [1.807, 2.05) is 28.8 Å². The minimum absolute atomic E-state index is 0.0423. The van der Waals surface area contributed by atoms with Crippen molar-refractivity contribution in [1.29, 1.82) is 0 Å². The SMILES string of the molecule is COC(=O)[C@@H](CC(=O)OC(C)(C)C)Nc1nc2ccccc2n(C2C[C@H]3CC[C@@H](C2)N3C2CCCCCCC2)c1=O. The van der Waals surface area contributed by atoms with E-state index in [1.165, 1.54) is 64.9 Å². The molecule has 3 fully saturated rings. The Labute approximate surface area is 243 Å². The second-order valence-electron chi connectivity index (χ2n) is 13.1. The molecule has 9 heteroatoms. The van der Waals surface area contributed by atoms with Crippen LogP contribution >= 0.6 is 0 Å². The maximum Gasteiger partial charge on any atom is 0.328 e. The number of piperidine rings is 1. The number of ether oxygens (including phenoxy) is 2. The first-order chi connectivity index (χ1) is 19.6. The molecule has 1 aromatic heterocycles. The predicted octanol–water partition coefficient (Wildman–Crippen LogP) is 5.36. The average molecular weight is 567 g/mol. The summed E-state index contributed by atoms with van der Waals surface area (Å²) in [6.45, 7) is 5.31. The first-order valence-electron chi connectivity index (χ1n) is 15.5. The molecule has 3 heterocycles. The highest BCUT2D eigenvalue weighted by atomic mass is 16.6. The normalized spacial score (nSPS) is 24.8. The predicted molar refractivity (Wildman–Crippen MR) is 159 cm³/mol. The highest BCUT2D eigenvalue weighted by Gasteiger charge is 2.44. The van der Waals surface area contributed by atoms with Crippen LogP contribution in [0.2, 0.25) is 0 Å². The largest absolute Gasteiger partial charge is 0.467 e. The highest BCUT2D eigenvalue weighted by molar-refractivity contribution is 5.85. The summed E-state index contributed by atoms with van der Waals surface area (Å²) in [6.07, 6.45) is 13.2. The van der Waals surface area contributed by atoms with Gasteiger partial charge in [0.1, 0.15) is 11.6 Å². The number of esters is 2. The number of carbonyl (C=O) groups is 2. The Morgan fingerprint density at radius 2 is 1.59 bits per heavy atom. The number of aromatic nitrogens is 2. The molecule has 1 aromatic carbocycles. The van der Waals surface area contributed by atoms with Gasteiger partial charge in [0.25, 0.3) is 5.56 Å². The summed E-state index contributed by atoms with van der Waals surface area (Å²) in [6, 6.07) is 8.23.